The molecule has 3 N–H and O–H groups in total. The Labute approximate surface area is 102 Å². The van der Waals surface area contributed by atoms with E-state index in [-0.39, 0.29) is 12.5 Å². The minimum absolute atomic E-state index is 0.173. The van der Waals surface area contributed by atoms with Crippen molar-refractivity contribution in [2.75, 3.05) is 19.0 Å². The van der Waals surface area contributed by atoms with Crippen molar-refractivity contribution in [2.45, 2.75) is 25.9 Å². The number of benzene rings is 1. The van der Waals surface area contributed by atoms with Gasteiger partial charge in [-0.2, -0.15) is 0 Å². The van der Waals surface area contributed by atoms with E-state index in [2.05, 4.69) is 19.2 Å². The Kier molecular flexibility index (Phi) is 5.12. The molecule has 1 atom stereocenters. The lowest BCUT2D eigenvalue weighted by atomic mass is 10.0. The van der Waals surface area contributed by atoms with Crippen molar-refractivity contribution in [1.29, 1.82) is 0 Å². The molecule has 0 bridgehead atoms. The Morgan fingerprint density at radius 3 is 2.71 bits per heavy atom. The van der Waals surface area contributed by atoms with Crippen LogP contribution in [0.4, 0.5) is 5.69 Å². The third-order valence-corrected chi connectivity index (χ3v) is 2.61. The molecule has 94 valence electrons. The summed E-state index contributed by atoms with van der Waals surface area (Å²) in [5, 5.41) is 2.80. The number of methoxy groups -OCH3 is 1. The van der Waals surface area contributed by atoms with Gasteiger partial charge in [0.15, 0.2) is 0 Å². The SMILES string of the molecule is COC(CN)C(=O)Nc1cccc(C(C)C)c1. The van der Waals surface area contributed by atoms with E-state index in [1.807, 2.05) is 24.3 Å². The summed E-state index contributed by atoms with van der Waals surface area (Å²) < 4.78 is 4.97. The first-order valence-electron chi connectivity index (χ1n) is 5.72. The minimum atomic E-state index is -0.599. The molecular weight excluding hydrogens is 216 g/mol. The third-order valence-electron chi connectivity index (χ3n) is 2.61. The summed E-state index contributed by atoms with van der Waals surface area (Å²) in [6.45, 7) is 4.39. The normalized spacial score (nSPS) is 12.5. The van der Waals surface area contributed by atoms with Gasteiger partial charge < -0.3 is 15.8 Å². The molecule has 4 heteroatoms. The fourth-order valence-electron chi connectivity index (χ4n) is 1.51. The molecule has 0 saturated heterocycles. The largest absolute Gasteiger partial charge is 0.370 e. The lowest BCUT2D eigenvalue weighted by Crippen LogP contribution is -2.35. The van der Waals surface area contributed by atoms with Crippen molar-refractivity contribution in [1.82, 2.24) is 0 Å². The van der Waals surface area contributed by atoms with Gasteiger partial charge in [-0.3, -0.25) is 4.79 Å². The second kappa shape index (κ2) is 6.37. The number of ether oxygens (including phenoxy) is 1. The highest BCUT2D eigenvalue weighted by molar-refractivity contribution is 5.94. The summed E-state index contributed by atoms with van der Waals surface area (Å²) in [4.78, 5) is 11.7. The Morgan fingerprint density at radius 2 is 2.18 bits per heavy atom. The van der Waals surface area contributed by atoms with Crippen molar-refractivity contribution in [3.05, 3.63) is 29.8 Å². The van der Waals surface area contributed by atoms with Gasteiger partial charge in [0.05, 0.1) is 0 Å². The highest BCUT2D eigenvalue weighted by Crippen LogP contribution is 2.18. The average Bonchev–Trinajstić information content (AvgIpc) is 2.30. The van der Waals surface area contributed by atoms with E-state index in [1.54, 1.807) is 0 Å². The second-order valence-corrected chi connectivity index (χ2v) is 4.23. The van der Waals surface area contributed by atoms with E-state index in [4.69, 9.17) is 10.5 Å². The first-order valence-corrected chi connectivity index (χ1v) is 5.72. The molecule has 0 fully saturated rings. The zero-order valence-electron chi connectivity index (χ0n) is 10.6. The highest BCUT2D eigenvalue weighted by Gasteiger charge is 2.15. The van der Waals surface area contributed by atoms with Crippen LogP contribution in [0.5, 0.6) is 0 Å². The zero-order valence-corrected chi connectivity index (χ0v) is 10.6. The van der Waals surface area contributed by atoms with Crippen LogP contribution in [0.1, 0.15) is 25.3 Å². The maximum Gasteiger partial charge on any atom is 0.254 e. The molecule has 0 radical (unpaired) electrons. The van der Waals surface area contributed by atoms with E-state index in [9.17, 15) is 4.79 Å². The smallest absolute Gasteiger partial charge is 0.254 e. The second-order valence-electron chi connectivity index (χ2n) is 4.23. The molecule has 0 spiro atoms. The number of amides is 1. The molecule has 0 aromatic heterocycles. The lowest BCUT2D eigenvalue weighted by Gasteiger charge is -2.14. The molecule has 1 amide bonds. The van der Waals surface area contributed by atoms with Gasteiger partial charge in [-0.1, -0.05) is 26.0 Å². The molecule has 0 aliphatic rings. The quantitative estimate of drug-likeness (QED) is 0.818. The van der Waals surface area contributed by atoms with Crippen LogP contribution in [0.25, 0.3) is 0 Å². The molecule has 17 heavy (non-hydrogen) atoms. The van der Waals surface area contributed by atoms with E-state index >= 15 is 0 Å². The first kappa shape index (κ1) is 13.7. The standard InChI is InChI=1S/C13H20N2O2/c1-9(2)10-5-4-6-11(7-10)15-13(16)12(8-14)17-3/h4-7,9,12H,8,14H2,1-3H3,(H,15,16). The van der Waals surface area contributed by atoms with Crippen molar-refractivity contribution in [3.8, 4) is 0 Å². The summed E-state index contributed by atoms with van der Waals surface area (Å²) in [5.74, 6) is 0.218. The lowest BCUT2D eigenvalue weighted by molar-refractivity contribution is -0.125. The summed E-state index contributed by atoms with van der Waals surface area (Å²) in [5.41, 5.74) is 7.39. The van der Waals surface area contributed by atoms with Gasteiger partial charge in [-0.25, -0.2) is 0 Å². The van der Waals surface area contributed by atoms with Crippen LogP contribution < -0.4 is 11.1 Å². The van der Waals surface area contributed by atoms with Gasteiger partial charge in [-0.05, 0) is 23.6 Å². The molecule has 4 nitrogen and oxygen atoms in total. The number of nitrogens with one attached hydrogen (secondary N) is 1. The number of carbonyl (C=O) groups excluding carboxylic acids is 1. The molecule has 0 aliphatic heterocycles. The molecule has 1 unspecified atom stereocenters. The Morgan fingerprint density at radius 1 is 1.47 bits per heavy atom. The fourth-order valence-corrected chi connectivity index (χ4v) is 1.51. The van der Waals surface area contributed by atoms with E-state index < -0.39 is 6.10 Å². The van der Waals surface area contributed by atoms with Crippen LogP contribution >= 0.6 is 0 Å². The fraction of sp³-hybridized carbons (Fsp3) is 0.462. The molecular formula is C13H20N2O2. The van der Waals surface area contributed by atoms with Gasteiger partial charge >= 0.3 is 0 Å². The molecule has 1 rings (SSSR count). The minimum Gasteiger partial charge on any atom is -0.370 e. The van der Waals surface area contributed by atoms with E-state index in [0.717, 1.165) is 5.69 Å². The molecule has 0 heterocycles. The number of carbonyl (C=O) groups is 1. The molecule has 1 aromatic rings. The van der Waals surface area contributed by atoms with Crippen LogP contribution in [-0.4, -0.2) is 25.7 Å². The Balaban J connectivity index is 2.74. The summed E-state index contributed by atoms with van der Waals surface area (Å²) in [7, 11) is 1.47. The summed E-state index contributed by atoms with van der Waals surface area (Å²) in [6.07, 6.45) is -0.599. The van der Waals surface area contributed by atoms with E-state index in [0.29, 0.717) is 5.92 Å². The number of hydrogen-bond acceptors (Lipinski definition) is 3. The van der Waals surface area contributed by atoms with Crippen LogP contribution in [0.15, 0.2) is 24.3 Å². The molecule has 0 aliphatic carbocycles. The molecule has 1 aromatic carbocycles. The van der Waals surface area contributed by atoms with Crippen LogP contribution in [0.2, 0.25) is 0 Å². The van der Waals surface area contributed by atoms with Gasteiger partial charge in [0.1, 0.15) is 6.10 Å². The highest BCUT2D eigenvalue weighted by atomic mass is 16.5. The average molecular weight is 236 g/mol. The number of nitrogens with two attached hydrogens (primary N) is 1. The number of rotatable bonds is 5. The predicted molar refractivity (Wildman–Crippen MR) is 69.0 cm³/mol. The van der Waals surface area contributed by atoms with Gasteiger partial charge in [0, 0.05) is 19.3 Å². The summed E-state index contributed by atoms with van der Waals surface area (Å²) >= 11 is 0. The Bertz CT molecular complexity index is 373. The van der Waals surface area contributed by atoms with Crippen LogP contribution in [0, 0.1) is 0 Å². The number of anilines is 1. The maximum atomic E-state index is 11.7. The van der Waals surface area contributed by atoms with Gasteiger partial charge in [0.2, 0.25) is 0 Å². The summed E-state index contributed by atoms with van der Waals surface area (Å²) in [6, 6.07) is 7.78. The van der Waals surface area contributed by atoms with Crippen molar-refractivity contribution < 1.29 is 9.53 Å². The third kappa shape index (κ3) is 3.84. The van der Waals surface area contributed by atoms with Gasteiger partial charge in [-0.15, -0.1) is 0 Å². The van der Waals surface area contributed by atoms with Crippen molar-refractivity contribution in [3.63, 3.8) is 0 Å². The van der Waals surface area contributed by atoms with Crippen LogP contribution in [0.3, 0.4) is 0 Å². The van der Waals surface area contributed by atoms with Gasteiger partial charge in [0.25, 0.3) is 5.91 Å². The Hall–Kier alpha value is -1.39. The predicted octanol–water partition coefficient (Wildman–Crippen LogP) is 1.72. The monoisotopic (exact) mass is 236 g/mol. The van der Waals surface area contributed by atoms with Crippen molar-refractivity contribution in [2.24, 2.45) is 5.73 Å². The number of hydrogen-bond donors (Lipinski definition) is 2. The van der Waals surface area contributed by atoms with Crippen molar-refractivity contribution >= 4 is 11.6 Å². The molecule has 0 saturated carbocycles. The zero-order chi connectivity index (χ0) is 12.8. The maximum absolute atomic E-state index is 11.7. The van der Waals surface area contributed by atoms with Crippen LogP contribution in [-0.2, 0) is 9.53 Å². The topological polar surface area (TPSA) is 64.3 Å². The van der Waals surface area contributed by atoms with E-state index in [1.165, 1.54) is 12.7 Å². The first-order chi connectivity index (χ1) is 8.08.